The molecule has 188 valence electrons. The van der Waals surface area contributed by atoms with E-state index < -0.39 is 54.0 Å². The van der Waals surface area contributed by atoms with Crippen molar-refractivity contribution in [2.75, 3.05) is 13.2 Å². The van der Waals surface area contributed by atoms with Gasteiger partial charge in [-0.15, -0.1) is 0 Å². The van der Waals surface area contributed by atoms with Crippen molar-refractivity contribution in [3.63, 3.8) is 0 Å². The number of carbonyl (C=O) groups is 3. The van der Waals surface area contributed by atoms with Crippen LogP contribution in [0.3, 0.4) is 0 Å². The number of fused-ring (bicyclic) bond motifs is 1. The maximum absolute atomic E-state index is 12.0. The molecule has 3 rings (SSSR count). The number of rotatable bonds is 4. The van der Waals surface area contributed by atoms with Crippen LogP contribution < -0.4 is 0 Å². The zero-order chi connectivity index (χ0) is 24.9. The predicted molar refractivity (Wildman–Crippen MR) is 119 cm³/mol. The standard InChI is InChI=1S/C25H34O9/c1-15(26)31-22-20(34-19-10-7-13-29-21(19)23(22)32-16(2)27)9-6-8-17-11-12-18(14-30-17)33-24(28)25(3,4)5/h11-12,17-23H,7,9-10,13-14H2,1-5H3/t17-,18+,19-,20+,21-,22+,23+/m0/s1. The van der Waals surface area contributed by atoms with E-state index in [-0.39, 0.29) is 25.1 Å². The molecule has 9 nitrogen and oxygen atoms in total. The summed E-state index contributed by atoms with van der Waals surface area (Å²) in [7, 11) is 0. The van der Waals surface area contributed by atoms with Crippen molar-refractivity contribution in [1.29, 1.82) is 0 Å². The van der Waals surface area contributed by atoms with Crippen LogP contribution in [-0.2, 0) is 42.8 Å². The minimum Gasteiger partial charge on any atom is -0.456 e. The van der Waals surface area contributed by atoms with Gasteiger partial charge in [-0.2, -0.15) is 0 Å². The molecule has 3 heterocycles. The number of hydrogen-bond donors (Lipinski definition) is 0. The van der Waals surface area contributed by atoms with Crippen LogP contribution in [0.15, 0.2) is 12.2 Å². The molecule has 2 saturated heterocycles. The minimum atomic E-state index is -0.834. The van der Waals surface area contributed by atoms with Gasteiger partial charge in [0.2, 0.25) is 0 Å². The Hall–Kier alpha value is -2.41. The molecule has 0 unspecified atom stereocenters. The molecule has 0 aliphatic carbocycles. The molecule has 0 aromatic rings. The van der Waals surface area contributed by atoms with Crippen LogP contribution in [0.4, 0.5) is 0 Å². The molecule has 0 N–H and O–H groups in total. The highest BCUT2D eigenvalue weighted by Crippen LogP contribution is 2.34. The SMILES string of the molecule is CC(=O)O[C@@H]1[C@H]2OCCC[C@@H]2O[C@H](CC#C[C@H]2C=C[C@@H](OC(=O)C(C)(C)C)CO2)[C@H]1OC(C)=O. The first-order valence-electron chi connectivity index (χ1n) is 11.7. The van der Waals surface area contributed by atoms with Gasteiger partial charge in [-0.3, -0.25) is 14.4 Å². The molecular formula is C25H34O9. The largest absolute Gasteiger partial charge is 0.456 e. The first-order valence-corrected chi connectivity index (χ1v) is 11.7. The van der Waals surface area contributed by atoms with Crippen molar-refractivity contribution >= 4 is 17.9 Å². The second-order valence-electron chi connectivity index (χ2n) is 9.70. The average Bonchev–Trinajstić information content (AvgIpc) is 2.75. The van der Waals surface area contributed by atoms with Gasteiger partial charge in [0, 0.05) is 26.9 Å². The predicted octanol–water partition coefficient (Wildman–Crippen LogP) is 2.10. The van der Waals surface area contributed by atoms with E-state index in [1.807, 2.05) is 0 Å². The van der Waals surface area contributed by atoms with Crippen molar-refractivity contribution in [2.24, 2.45) is 5.41 Å². The number of ether oxygens (including phenoxy) is 6. The molecular weight excluding hydrogens is 444 g/mol. The Morgan fingerprint density at radius 3 is 2.32 bits per heavy atom. The molecule has 0 bridgehead atoms. The number of carbonyl (C=O) groups excluding carboxylic acids is 3. The molecule has 2 fully saturated rings. The van der Waals surface area contributed by atoms with E-state index >= 15 is 0 Å². The van der Waals surface area contributed by atoms with Crippen molar-refractivity contribution in [3.05, 3.63) is 12.2 Å². The number of esters is 3. The van der Waals surface area contributed by atoms with Gasteiger partial charge in [0.1, 0.15) is 24.4 Å². The van der Waals surface area contributed by atoms with Crippen molar-refractivity contribution in [1.82, 2.24) is 0 Å². The summed E-state index contributed by atoms with van der Waals surface area (Å²) < 4.78 is 34.1. The third-order valence-corrected chi connectivity index (χ3v) is 5.64. The lowest BCUT2D eigenvalue weighted by atomic mass is 9.89. The van der Waals surface area contributed by atoms with Gasteiger partial charge in [-0.1, -0.05) is 11.8 Å². The normalized spacial score (nSPS) is 33.0. The van der Waals surface area contributed by atoms with Crippen LogP contribution in [0.2, 0.25) is 0 Å². The summed E-state index contributed by atoms with van der Waals surface area (Å²) in [5, 5.41) is 0. The Morgan fingerprint density at radius 2 is 1.71 bits per heavy atom. The van der Waals surface area contributed by atoms with Crippen LogP contribution in [0.25, 0.3) is 0 Å². The van der Waals surface area contributed by atoms with E-state index in [4.69, 9.17) is 28.4 Å². The summed E-state index contributed by atoms with van der Waals surface area (Å²) >= 11 is 0. The van der Waals surface area contributed by atoms with Crippen LogP contribution in [0, 0.1) is 17.3 Å². The zero-order valence-electron chi connectivity index (χ0n) is 20.4. The summed E-state index contributed by atoms with van der Waals surface area (Å²) in [4.78, 5) is 35.6. The highest BCUT2D eigenvalue weighted by Gasteiger charge is 2.51. The fourth-order valence-corrected chi connectivity index (χ4v) is 4.02. The van der Waals surface area contributed by atoms with Gasteiger partial charge >= 0.3 is 17.9 Å². The molecule has 7 atom stereocenters. The zero-order valence-corrected chi connectivity index (χ0v) is 20.4. The quantitative estimate of drug-likeness (QED) is 0.260. The Balaban J connectivity index is 1.66. The maximum atomic E-state index is 12.0. The van der Waals surface area contributed by atoms with E-state index in [2.05, 4.69) is 11.8 Å². The summed E-state index contributed by atoms with van der Waals surface area (Å²) in [6.45, 7) is 8.72. The second kappa shape index (κ2) is 11.3. The van der Waals surface area contributed by atoms with Crippen LogP contribution in [0.5, 0.6) is 0 Å². The van der Waals surface area contributed by atoms with Gasteiger partial charge in [0.25, 0.3) is 0 Å². The highest BCUT2D eigenvalue weighted by atomic mass is 16.6. The molecule has 0 aromatic carbocycles. The van der Waals surface area contributed by atoms with E-state index in [1.165, 1.54) is 13.8 Å². The molecule has 0 aromatic heterocycles. The van der Waals surface area contributed by atoms with Crippen molar-refractivity contribution < 1.29 is 42.8 Å². The van der Waals surface area contributed by atoms with Crippen molar-refractivity contribution in [2.45, 2.75) is 96.6 Å². The third kappa shape index (κ3) is 7.05. The summed E-state index contributed by atoms with van der Waals surface area (Å²) in [6, 6.07) is 0. The van der Waals surface area contributed by atoms with E-state index in [1.54, 1.807) is 32.9 Å². The summed E-state index contributed by atoms with van der Waals surface area (Å²) in [5.41, 5.74) is -0.588. The first-order chi connectivity index (χ1) is 16.0. The van der Waals surface area contributed by atoms with Gasteiger partial charge in [-0.25, -0.2) is 0 Å². The maximum Gasteiger partial charge on any atom is 0.311 e. The Labute approximate surface area is 200 Å². The minimum absolute atomic E-state index is 0.212. The van der Waals surface area contributed by atoms with Gasteiger partial charge in [0.05, 0.1) is 18.1 Å². The summed E-state index contributed by atoms with van der Waals surface area (Å²) in [6.07, 6.45) is 1.46. The second-order valence-corrected chi connectivity index (χ2v) is 9.70. The molecule has 0 amide bonds. The van der Waals surface area contributed by atoms with Crippen LogP contribution in [0.1, 0.15) is 53.9 Å². The fraction of sp³-hybridized carbons (Fsp3) is 0.720. The lowest BCUT2D eigenvalue weighted by Gasteiger charge is -2.46. The number of hydrogen-bond acceptors (Lipinski definition) is 9. The average molecular weight is 479 g/mol. The lowest BCUT2D eigenvalue weighted by Crippen LogP contribution is -2.61. The molecule has 0 saturated carbocycles. The Morgan fingerprint density at radius 1 is 1.00 bits per heavy atom. The van der Waals surface area contributed by atoms with Crippen molar-refractivity contribution in [3.8, 4) is 11.8 Å². The van der Waals surface area contributed by atoms with Gasteiger partial charge in [0.15, 0.2) is 12.2 Å². The Bertz CT molecular complexity index is 847. The first kappa shape index (κ1) is 26.2. The molecule has 0 radical (unpaired) electrons. The molecule has 34 heavy (non-hydrogen) atoms. The van der Waals surface area contributed by atoms with Gasteiger partial charge in [-0.05, 0) is 45.8 Å². The van der Waals surface area contributed by atoms with Gasteiger partial charge < -0.3 is 28.4 Å². The third-order valence-electron chi connectivity index (χ3n) is 5.64. The van der Waals surface area contributed by atoms with E-state index in [0.29, 0.717) is 6.61 Å². The van der Waals surface area contributed by atoms with E-state index in [9.17, 15) is 14.4 Å². The lowest BCUT2D eigenvalue weighted by molar-refractivity contribution is -0.259. The topological polar surface area (TPSA) is 107 Å². The Kier molecular flexibility index (Phi) is 8.74. The van der Waals surface area contributed by atoms with Crippen LogP contribution in [-0.4, -0.2) is 73.8 Å². The molecule has 9 heteroatoms. The smallest absolute Gasteiger partial charge is 0.311 e. The molecule has 0 spiro atoms. The summed E-state index contributed by atoms with van der Waals surface area (Å²) in [5.74, 6) is 4.77. The monoisotopic (exact) mass is 478 g/mol. The highest BCUT2D eigenvalue weighted by molar-refractivity contribution is 5.75. The molecule has 3 aliphatic heterocycles. The van der Waals surface area contributed by atoms with E-state index in [0.717, 1.165) is 12.8 Å². The van der Waals surface area contributed by atoms with Crippen LogP contribution >= 0.6 is 0 Å². The fourth-order valence-electron chi connectivity index (χ4n) is 4.02. The molecule has 3 aliphatic rings.